The van der Waals surface area contributed by atoms with Gasteiger partial charge in [0.2, 0.25) is 0 Å². The second-order valence-corrected chi connectivity index (χ2v) is 8.24. The molecule has 3 aromatic rings. The number of carbonyl (C=O) groups is 2. The fourth-order valence-electron chi connectivity index (χ4n) is 3.09. The normalized spacial score (nSPS) is 12.2. The summed E-state index contributed by atoms with van der Waals surface area (Å²) in [5.74, 6) is -1.29. The lowest BCUT2D eigenvalue weighted by Crippen LogP contribution is -2.25. The van der Waals surface area contributed by atoms with Crippen LogP contribution in [0.5, 0.6) is 0 Å². The molecule has 2 aromatic carbocycles. The van der Waals surface area contributed by atoms with Crippen LogP contribution in [0.25, 0.3) is 16.6 Å². The molecule has 8 heteroatoms. The molecule has 4 nitrogen and oxygen atoms in total. The van der Waals surface area contributed by atoms with Gasteiger partial charge in [0.25, 0.3) is 0 Å². The van der Waals surface area contributed by atoms with Crippen molar-refractivity contribution in [2.75, 3.05) is 0 Å². The number of hydrogen-bond donors (Lipinski definition) is 0. The number of ketones is 1. The molecule has 0 spiro atoms. The second-order valence-electron chi connectivity index (χ2n) is 7.80. The highest BCUT2D eigenvalue weighted by Crippen LogP contribution is 2.33. The smallest absolute Gasteiger partial charge is 0.416 e. The van der Waals surface area contributed by atoms with Crippen LogP contribution in [0.3, 0.4) is 0 Å². The average Bonchev–Trinajstić information content (AvgIpc) is 2.98. The first-order valence-corrected chi connectivity index (χ1v) is 9.47. The number of nitrogens with zero attached hydrogens (tertiary/aromatic N) is 1. The molecule has 0 saturated heterocycles. The summed E-state index contributed by atoms with van der Waals surface area (Å²) in [6, 6.07) is 10.9. The Hall–Kier alpha value is -2.80. The van der Waals surface area contributed by atoms with Crippen LogP contribution in [0.2, 0.25) is 5.02 Å². The van der Waals surface area contributed by atoms with Crippen LogP contribution >= 0.6 is 11.6 Å². The van der Waals surface area contributed by atoms with Crippen molar-refractivity contribution < 1.29 is 27.5 Å². The molecular weight excluding hydrogens is 419 g/mol. The Balaban J connectivity index is 2.12. The van der Waals surface area contributed by atoms with Crippen molar-refractivity contribution in [3.63, 3.8) is 0 Å². The van der Waals surface area contributed by atoms with Crippen LogP contribution in [-0.2, 0) is 15.7 Å². The molecule has 0 radical (unpaired) electrons. The minimum atomic E-state index is -4.54. The van der Waals surface area contributed by atoms with E-state index in [0.29, 0.717) is 15.9 Å². The predicted octanol–water partition coefficient (Wildman–Crippen LogP) is 6.22. The van der Waals surface area contributed by atoms with Gasteiger partial charge in [-0.2, -0.15) is 13.2 Å². The van der Waals surface area contributed by atoms with Gasteiger partial charge in [-0.05, 0) is 63.2 Å². The summed E-state index contributed by atoms with van der Waals surface area (Å²) in [6.45, 7) is 5.03. The molecule has 0 aliphatic rings. The zero-order valence-corrected chi connectivity index (χ0v) is 17.3. The number of halogens is 4. The third kappa shape index (κ3) is 4.84. The Bertz CT molecular complexity index is 1130. The highest BCUT2D eigenvalue weighted by atomic mass is 35.5. The van der Waals surface area contributed by atoms with Gasteiger partial charge in [-0.3, -0.25) is 9.59 Å². The van der Waals surface area contributed by atoms with Gasteiger partial charge >= 0.3 is 12.1 Å². The Kier molecular flexibility index (Phi) is 5.69. The number of benzene rings is 2. The number of rotatable bonds is 4. The van der Waals surface area contributed by atoms with Gasteiger partial charge in [-0.1, -0.05) is 17.7 Å². The molecule has 0 N–H and O–H groups in total. The molecule has 0 bridgehead atoms. The van der Waals surface area contributed by atoms with E-state index in [1.54, 1.807) is 39.0 Å². The van der Waals surface area contributed by atoms with Crippen LogP contribution < -0.4 is 0 Å². The van der Waals surface area contributed by atoms with Crippen LogP contribution in [0.1, 0.15) is 43.2 Å². The lowest BCUT2D eigenvalue weighted by Gasteiger charge is -2.19. The Labute approximate surface area is 176 Å². The zero-order valence-electron chi connectivity index (χ0n) is 16.5. The summed E-state index contributed by atoms with van der Waals surface area (Å²) >= 11 is 6.03. The number of ether oxygens (including phenoxy) is 1. The molecule has 158 valence electrons. The van der Waals surface area contributed by atoms with E-state index in [1.165, 1.54) is 22.8 Å². The maximum atomic E-state index is 13.2. The van der Waals surface area contributed by atoms with E-state index in [2.05, 4.69) is 0 Å². The number of aromatic nitrogens is 1. The zero-order chi connectivity index (χ0) is 22.3. The molecular formula is C22H19ClF3NO3. The van der Waals surface area contributed by atoms with Crippen molar-refractivity contribution >= 4 is 34.3 Å². The summed E-state index contributed by atoms with van der Waals surface area (Å²) in [4.78, 5) is 25.0. The lowest BCUT2D eigenvalue weighted by atomic mass is 10.1. The average molecular weight is 438 g/mol. The van der Waals surface area contributed by atoms with E-state index >= 15 is 0 Å². The molecule has 1 heterocycles. The van der Waals surface area contributed by atoms with Crippen molar-refractivity contribution in [1.29, 1.82) is 0 Å². The molecule has 30 heavy (non-hydrogen) atoms. The Morgan fingerprint density at radius 3 is 2.37 bits per heavy atom. The maximum absolute atomic E-state index is 13.2. The number of hydrogen-bond acceptors (Lipinski definition) is 3. The molecule has 0 aliphatic heterocycles. The molecule has 3 rings (SSSR count). The van der Waals surface area contributed by atoms with Gasteiger partial charge in [0.05, 0.1) is 16.8 Å². The van der Waals surface area contributed by atoms with Crippen LogP contribution in [0, 0.1) is 0 Å². The summed E-state index contributed by atoms with van der Waals surface area (Å²) in [7, 11) is 0. The highest BCUT2D eigenvalue weighted by molar-refractivity contribution is 6.31. The molecule has 0 unspecified atom stereocenters. The maximum Gasteiger partial charge on any atom is 0.416 e. The number of alkyl halides is 3. The van der Waals surface area contributed by atoms with Gasteiger partial charge in [-0.15, -0.1) is 0 Å². The SMILES string of the molecule is CC(C)(C)OC(=O)CC(=O)c1cc2cc(Cl)ccc2n1-c1cccc(C(F)(F)F)c1. The monoisotopic (exact) mass is 437 g/mol. The molecule has 0 fully saturated rings. The Morgan fingerprint density at radius 2 is 1.73 bits per heavy atom. The highest BCUT2D eigenvalue weighted by Gasteiger charge is 2.31. The first-order chi connectivity index (χ1) is 13.8. The van der Waals surface area contributed by atoms with E-state index in [0.717, 1.165) is 12.1 Å². The largest absolute Gasteiger partial charge is 0.460 e. The number of fused-ring (bicyclic) bond motifs is 1. The summed E-state index contributed by atoms with van der Waals surface area (Å²) in [5.41, 5.74) is -0.904. The standard InChI is InChI=1S/C22H19ClF3NO3/c1-21(2,3)30-20(29)12-19(28)18-10-13-9-15(23)7-8-17(13)27(18)16-6-4-5-14(11-16)22(24,25)26/h4-11H,12H2,1-3H3. The fraction of sp³-hybridized carbons (Fsp3) is 0.273. The first kappa shape index (κ1) is 21.9. The number of carbonyl (C=O) groups excluding carboxylic acids is 2. The first-order valence-electron chi connectivity index (χ1n) is 9.09. The molecule has 0 atom stereocenters. The van der Waals surface area contributed by atoms with Gasteiger partial charge in [0.15, 0.2) is 5.78 Å². The lowest BCUT2D eigenvalue weighted by molar-refractivity contribution is -0.153. The van der Waals surface area contributed by atoms with Gasteiger partial charge in [0, 0.05) is 16.1 Å². The third-order valence-electron chi connectivity index (χ3n) is 4.21. The summed E-state index contributed by atoms with van der Waals surface area (Å²) < 4.78 is 46.2. The van der Waals surface area contributed by atoms with E-state index in [9.17, 15) is 22.8 Å². The van der Waals surface area contributed by atoms with Gasteiger partial charge in [0.1, 0.15) is 12.0 Å². The van der Waals surface area contributed by atoms with Crippen molar-refractivity contribution in [3.8, 4) is 5.69 Å². The van der Waals surface area contributed by atoms with Crippen LogP contribution in [-0.4, -0.2) is 21.9 Å². The van der Waals surface area contributed by atoms with Crippen molar-refractivity contribution in [2.24, 2.45) is 0 Å². The van der Waals surface area contributed by atoms with Crippen molar-refractivity contribution in [1.82, 2.24) is 4.57 Å². The molecule has 0 aliphatic carbocycles. The quantitative estimate of drug-likeness (QED) is 0.276. The second kappa shape index (κ2) is 7.80. The van der Waals surface area contributed by atoms with Gasteiger partial charge < -0.3 is 9.30 Å². The van der Waals surface area contributed by atoms with Gasteiger partial charge in [-0.25, -0.2) is 0 Å². The van der Waals surface area contributed by atoms with E-state index in [4.69, 9.17) is 16.3 Å². The minimum Gasteiger partial charge on any atom is -0.460 e. The molecule has 0 saturated carbocycles. The minimum absolute atomic E-state index is 0.0671. The third-order valence-corrected chi connectivity index (χ3v) is 4.44. The van der Waals surface area contributed by atoms with E-state index in [1.807, 2.05) is 0 Å². The van der Waals surface area contributed by atoms with Crippen molar-refractivity contribution in [3.05, 3.63) is 64.8 Å². The number of esters is 1. The Morgan fingerprint density at radius 1 is 1.03 bits per heavy atom. The predicted molar refractivity (Wildman–Crippen MR) is 108 cm³/mol. The summed E-state index contributed by atoms with van der Waals surface area (Å²) in [5, 5.41) is 0.974. The number of Topliss-reactive ketones (excluding diaryl/α,β-unsaturated/α-hetero) is 1. The van der Waals surface area contributed by atoms with E-state index < -0.39 is 35.5 Å². The van der Waals surface area contributed by atoms with Crippen molar-refractivity contribution in [2.45, 2.75) is 39.0 Å². The summed E-state index contributed by atoms with van der Waals surface area (Å²) in [6.07, 6.45) is -5.08. The van der Waals surface area contributed by atoms with Crippen LogP contribution in [0.15, 0.2) is 48.5 Å². The molecule has 1 aromatic heterocycles. The van der Waals surface area contributed by atoms with E-state index in [-0.39, 0.29) is 11.4 Å². The topological polar surface area (TPSA) is 48.3 Å². The van der Waals surface area contributed by atoms with Crippen LogP contribution in [0.4, 0.5) is 13.2 Å². The fourth-order valence-corrected chi connectivity index (χ4v) is 3.27. The molecule has 0 amide bonds.